The molecular formula is C26H26N2O4. The molecule has 0 radical (unpaired) electrons. The van der Waals surface area contributed by atoms with E-state index < -0.39 is 0 Å². The van der Waals surface area contributed by atoms with Gasteiger partial charge in [-0.2, -0.15) is 5.10 Å². The van der Waals surface area contributed by atoms with Crippen LogP contribution in [0.5, 0.6) is 17.2 Å². The lowest BCUT2D eigenvalue weighted by atomic mass is 10.1. The Balaban J connectivity index is 1.63. The average Bonchev–Trinajstić information content (AvgIpc) is 2.83. The van der Waals surface area contributed by atoms with E-state index in [4.69, 9.17) is 14.2 Å². The van der Waals surface area contributed by atoms with E-state index in [-0.39, 0.29) is 5.91 Å². The number of carbonyl (C=O) groups is 1. The predicted octanol–water partition coefficient (Wildman–Crippen LogP) is 4.91. The van der Waals surface area contributed by atoms with Gasteiger partial charge in [0.15, 0.2) is 11.5 Å². The molecule has 3 aromatic rings. The van der Waals surface area contributed by atoms with Crippen molar-refractivity contribution in [2.24, 2.45) is 5.10 Å². The number of nitrogens with one attached hydrogen (secondary N) is 1. The summed E-state index contributed by atoms with van der Waals surface area (Å²) in [7, 11) is 1.52. The van der Waals surface area contributed by atoms with Crippen LogP contribution in [0.25, 0.3) is 0 Å². The zero-order valence-electron chi connectivity index (χ0n) is 18.2. The van der Waals surface area contributed by atoms with Crippen LogP contribution in [0, 0.1) is 6.92 Å². The number of benzene rings is 3. The van der Waals surface area contributed by atoms with Gasteiger partial charge in [-0.25, -0.2) is 5.43 Å². The third-order valence-corrected chi connectivity index (χ3v) is 4.59. The van der Waals surface area contributed by atoms with Crippen molar-refractivity contribution in [3.63, 3.8) is 0 Å². The molecule has 0 spiro atoms. The Labute approximate surface area is 188 Å². The van der Waals surface area contributed by atoms with Crippen LogP contribution in [0.1, 0.15) is 27.0 Å². The number of carbonyl (C=O) groups excluding carboxylic acids is 1. The second-order valence-electron chi connectivity index (χ2n) is 6.98. The number of nitrogens with zero attached hydrogens (tertiary/aromatic N) is 1. The fraction of sp³-hybridized carbons (Fsp3) is 0.154. The van der Waals surface area contributed by atoms with Crippen molar-refractivity contribution >= 4 is 12.1 Å². The van der Waals surface area contributed by atoms with Crippen molar-refractivity contribution in [1.29, 1.82) is 0 Å². The highest BCUT2D eigenvalue weighted by atomic mass is 16.5. The number of para-hydroxylation sites is 1. The van der Waals surface area contributed by atoms with Gasteiger partial charge >= 0.3 is 0 Å². The summed E-state index contributed by atoms with van der Waals surface area (Å²) in [5.41, 5.74) is 5.96. The molecule has 0 heterocycles. The third kappa shape index (κ3) is 6.22. The van der Waals surface area contributed by atoms with Crippen LogP contribution in [0.4, 0.5) is 0 Å². The zero-order valence-corrected chi connectivity index (χ0v) is 18.2. The Morgan fingerprint density at radius 3 is 2.53 bits per heavy atom. The number of amides is 1. The number of ether oxygens (including phenoxy) is 3. The quantitative estimate of drug-likeness (QED) is 0.282. The van der Waals surface area contributed by atoms with Gasteiger partial charge in [0.05, 0.1) is 13.3 Å². The summed E-state index contributed by atoms with van der Waals surface area (Å²) < 4.78 is 16.7. The molecule has 0 aliphatic rings. The molecule has 0 unspecified atom stereocenters. The first-order valence-corrected chi connectivity index (χ1v) is 10.1. The number of hydrazone groups is 1. The van der Waals surface area contributed by atoms with Gasteiger partial charge in [0.1, 0.15) is 19.0 Å². The molecule has 0 atom stereocenters. The molecule has 0 aromatic heterocycles. The third-order valence-electron chi connectivity index (χ3n) is 4.59. The van der Waals surface area contributed by atoms with Crippen LogP contribution >= 0.6 is 0 Å². The minimum absolute atomic E-state index is 0.345. The van der Waals surface area contributed by atoms with Crippen molar-refractivity contribution < 1.29 is 19.0 Å². The molecule has 0 bridgehead atoms. The Bertz CT molecular complexity index is 1090. The van der Waals surface area contributed by atoms with Crippen LogP contribution in [-0.2, 0) is 6.61 Å². The van der Waals surface area contributed by atoms with Gasteiger partial charge in [-0.15, -0.1) is 0 Å². The lowest BCUT2D eigenvalue weighted by molar-refractivity contribution is 0.0954. The van der Waals surface area contributed by atoms with Crippen molar-refractivity contribution in [2.75, 3.05) is 13.7 Å². The maximum Gasteiger partial charge on any atom is 0.271 e. The normalized spacial score (nSPS) is 10.6. The van der Waals surface area contributed by atoms with Crippen LogP contribution in [0.2, 0.25) is 0 Å². The highest BCUT2D eigenvalue weighted by molar-refractivity contribution is 5.95. The minimum atomic E-state index is -0.368. The van der Waals surface area contributed by atoms with E-state index in [1.165, 1.54) is 12.7 Å². The van der Waals surface area contributed by atoms with E-state index in [9.17, 15) is 4.79 Å². The van der Waals surface area contributed by atoms with E-state index in [1.54, 1.807) is 30.5 Å². The molecule has 32 heavy (non-hydrogen) atoms. The molecule has 164 valence electrons. The molecule has 3 aromatic carbocycles. The van der Waals surface area contributed by atoms with Crippen LogP contribution in [0.3, 0.4) is 0 Å². The summed E-state index contributed by atoms with van der Waals surface area (Å²) in [6, 6.07) is 20.6. The second-order valence-corrected chi connectivity index (χ2v) is 6.98. The molecule has 3 rings (SSSR count). The van der Waals surface area contributed by atoms with Gasteiger partial charge in [0, 0.05) is 11.1 Å². The molecule has 6 heteroatoms. The molecule has 0 fully saturated rings. The van der Waals surface area contributed by atoms with E-state index >= 15 is 0 Å². The number of hydrogen-bond acceptors (Lipinski definition) is 5. The van der Waals surface area contributed by atoms with E-state index in [2.05, 4.69) is 29.2 Å². The highest BCUT2D eigenvalue weighted by Crippen LogP contribution is 2.28. The minimum Gasteiger partial charge on any atom is -0.493 e. The number of hydrogen-bond donors (Lipinski definition) is 1. The zero-order chi connectivity index (χ0) is 22.8. The maximum atomic E-state index is 12.5. The van der Waals surface area contributed by atoms with Crippen molar-refractivity contribution in [2.45, 2.75) is 13.5 Å². The maximum absolute atomic E-state index is 12.5. The van der Waals surface area contributed by atoms with Crippen molar-refractivity contribution in [3.8, 4) is 17.2 Å². The molecule has 1 N–H and O–H groups in total. The standard InChI is InChI=1S/C26H26N2O4/c1-4-15-31-24-14-13-21(16-25(24)30-3)26(29)28-27-17-22-7-5-6-8-23(22)32-18-20-11-9-19(2)10-12-20/h4-14,16-17H,1,15,18H2,2-3H3,(H,28,29)/b27-17+. The highest BCUT2D eigenvalue weighted by Gasteiger charge is 2.11. The Morgan fingerprint density at radius 1 is 1.00 bits per heavy atom. The van der Waals surface area contributed by atoms with E-state index in [0.29, 0.717) is 36.0 Å². The summed E-state index contributed by atoms with van der Waals surface area (Å²) in [4.78, 5) is 12.5. The van der Waals surface area contributed by atoms with Crippen LogP contribution in [-0.4, -0.2) is 25.8 Å². The van der Waals surface area contributed by atoms with Gasteiger partial charge in [-0.3, -0.25) is 4.79 Å². The van der Waals surface area contributed by atoms with Gasteiger partial charge in [-0.1, -0.05) is 54.6 Å². The van der Waals surface area contributed by atoms with E-state index in [0.717, 1.165) is 11.1 Å². The fourth-order valence-corrected chi connectivity index (χ4v) is 2.87. The first-order valence-electron chi connectivity index (χ1n) is 10.1. The summed E-state index contributed by atoms with van der Waals surface area (Å²) in [6.45, 7) is 6.45. The average molecular weight is 431 g/mol. The van der Waals surface area contributed by atoms with Crippen LogP contribution < -0.4 is 19.6 Å². The molecule has 0 saturated carbocycles. The molecule has 6 nitrogen and oxygen atoms in total. The first kappa shape index (κ1) is 22.6. The number of aryl methyl sites for hydroxylation is 1. The molecular weight excluding hydrogens is 404 g/mol. The lowest BCUT2D eigenvalue weighted by Crippen LogP contribution is -2.17. The summed E-state index contributed by atoms with van der Waals surface area (Å²) in [5.74, 6) is 1.30. The summed E-state index contributed by atoms with van der Waals surface area (Å²) in [5, 5.41) is 4.08. The van der Waals surface area contributed by atoms with Crippen molar-refractivity contribution in [1.82, 2.24) is 5.43 Å². The SMILES string of the molecule is C=CCOc1ccc(C(=O)N/N=C/c2ccccc2OCc2ccc(C)cc2)cc1OC. The van der Waals surface area contributed by atoms with Crippen LogP contribution in [0.15, 0.2) is 84.5 Å². The topological polar surface area (TPSA) is 69.2 Å². The molecule has 0 saturated heterocycles. The van der Waals surface area contributed by atoms with E-state index in [1.807, 2.05) is 43.3 Å². The lowest BCUT2D eigenvalue weighted by Gasteiger charge is -2.10. The number of methoxy groups -OCH3 is 1. The Morgan fingerprint density at radius 2 is 1.78 bits per heavy atom. The van der Waals surface area contributed by atoms with Gasteiger partial charge in [-0.05, 0) is 42.8 Å². The monoisotopic (exact) mass is 430 g/mol. The van der Waals surface area contributed by atoms with Gasteiger partial charge < -0.3 is 14.2 Å². The molecule has 0 aliphatic heterocycles. The summed E-state index contributed by atoms with van der Waals surface area (Å²) in [6.07, 6.45) is 3.19. The Hall–Kier alpha value is -4.06. The van der Waals surface area contributed by atoms with Gasteiger partial charge in [0.25, 0.3) is 5.91 Å². The van der Waals surface area contributed by atoms with Crippen molar-refractivity contribution in [3.05, 3.63) is 102 Å². The Kier molecular flexibility index (Phi) is 8.03. The predicted molar refractivity (Wildman–Crippen MR) is 126 cm³/mol. The largest absolute Gasteiger partial charge is 0.493 e. The molecule has 1 amide bonds. The first-order chi connectivity index (χ1) is 15.6. The fourth-order valence-electron chi connectivity index (χ4n) is 2.87. The number of rotatable bonds is 10. The molecule has 0 aliphatic carbocycles. The smallest absolute Gasteiger partial charge is 0.271 e. The second kappa shape index (κ2) is 11.4. The summed E-state index contributed by atoms with van der Waals surface area (Å²) >= 11 is 0. The van der Waals surface area contributed by atoms with Gasteiger partial charge in [0.2, 0.25) is 0 Å².